The number of nitrogens with one attached hydrogen (secondary N) is 2. The first kappa shape index (κ1) is 20.4. The molecule has 2 rings (SSSR count). The van der Waals surface area contributed by atoms with E-state index >= 15 is 0 Å². The average Bonchev–Trinajstić information content (AvgIpc) is 2.57. The Hall–Kier alpha value is -0.630. The van der Waals surface area contributed by atoms with E-state index in [1.54, 1.807) is 0 Å². The summed E-state index contributed by atoms with van der Waals surface area (Å²) in [5.41, 5.74) is 1.30. The number of para-hydroxylation sites is 1. The number of unbranched alkanes of at least 4 members (excludes halogenated alkanes) is 1. The van der Waals surface area contributed by atoms with E-state index in [4.69, 9.17) is 4.74 Å². The highest BCUT2D eigenvalue weighted by molar-refractivity contribution is 14.0. The molecule has 0 radical (unpaired) electrons. The lowest BCUT2D eigenvalue weighted by molar-refractivity contribution is 0.267. The van der Waals surface area contributed by atoms with Crippen molar-refractivity contribution in [3.63, 3.8) is 0 Å². The number of aliphatic imine (C=N–C) groups is 1. The summed E-state index contributed by atoms with van der Waals surface area (Å²) in [7, 11) is 1.83. The Kier molecular flexibility index (Phi) is 10.5. The van der Waals surface area contributed by atoms with Crippen LogP contribution in [0.25, 0.3) is 0 Å². The molecule has 0 saturated heterocycles. The van der Waals surface area contributed by atoms with Gasteiger partial charge in [0.2, 0.25) is 0 Å². The van der Waals surface area contributed by atoms with Gasteiger partial charge in [0.15, 0.2) is 5.96 Å². The van der Waals surface area contributed by atoms with Gasteiger partial charge in [0.05, 0.1) is 6.61 Å². The second-order valence-electron chi connectivity index (χ2n) is 5.45. The lowest BCUT2D eigenvalue weighted by atomic mass is 9.93. The molecule has 0 amide bonds. The van der Waals surface area contributed by atoms with Gasteiger partial charge in [0.1, 0.15) is 5.75 Å². The van der Waals surface area contributed by atoms with Crippen LogP contribution < -0.4 is 15.4 Å². The highest BCUT2D eigenvalue weighted by Gasteiger charge is 2.20. The first-order valence-corrected chi connectivity index (χ1v) is 9.39. The van der Waals surface area contributed by atoms with Gasteiger partial charge < -0.3 is 15.4 Å². The Balaban J connectivity index is 0.00000264. The Morgan fingerprint density at radius 3 is 2.91 bits per heavy atom. The number of benzene rings is 1. The molecule has 0 bridgehead atoms. The summed E-state index contributed by atoms with van der Waals surface area (Å²) < 4.78 is 5.71. The molecule has 1 aromatic carbocycles. The molecule has 1 heterocycles. The number of hydrogen-bond acceptors (Lipinski definition) is 3. The average molecular weight is 449 g/mol. The number of guanidine groups is 1. The quantitative estimate of drug-likeness (QED) is 0.290. The highest BCUT2D eigenvalue weighted by atomic mass is 127. The van der Waals surface area contributed by atoms with Gasteiger partial charge in [-0.15, -0.1) is 24.0 Å². The molecule has 1 atom stereocenters. The summed E-state index contributed by atoms with van der Waals surface area (Å²) in [5, 5.41) is 6.84. The van der Waals surface area contributed by atoms with Crippen LogP contribution in [0.3, 0.4) is 0 Å². The van der Waals surface area contributed by atoms with Crippen molar-refractivity contribution in [2.24, 2.45) is 4.99 Å². The van der Waals surface area contributed by atoms with Crippen LogP contribution in [0.1, 0.15) is 30.7 Å². The highest BCUT2D eigenvalue weighted by Crippen LogP contribution is 2.32. The third-order valence-corrected chi connectivity index (χ3v) is 4.59. The minimum absolute atomic E-state index is 0. The van der Waals surface area contributed by atoms with E-state index < -0.39 is 0 Å². The first-order valence-electron chi connectivity index (χ1n) is 8.00. The van der Waals surface area contributed by atoms with Gasteiger partial charge in [-0.05, 0) is 42.9 Å². The molecule has 4 nitrogen and oxygen atoms in total. The monoisotopic (exact) mass is 449 g/mol. The number of hydrogen-bond donors (Lipinski definition) is 2. The van der Waals surface area contributed by atoms with Gasteiger partial charge in [-0.2, -0.15) is 11.8 Å². The number of nitrogens with zero attached hydrogens (tertiary/aromatic N) is 1. The van der Waals surface area contributed by atoms with Crippen LogP contribution >= 0.6 is 35.7 Å². The zero-order valence-electron chi connectivity index (χ0n) is 14.0. The molecule has 2 N–H and O–H groups in total. The third kappa shape index (κ3) is 6.79. The fourth-order valence-electron chi connectivity index (χ4n) is 2.65. The minimum Gasteiger partial charge on any atom is -0.493 e. The van der Waals surface area contributed by atoms with Gasteiger partial charge in [-0.1, -0.05) is 18.2 Å². The molecule has 1 aliphatic rings. The van der Waals surface area contributed by atoms with Gasteiger partial charge in [0, 0.05) is 26.1 Å². The molecule has 1 aromatic rings. The number of ether oxygens (including phenoxy) is 1. The van der Waals surface area contributed by atoms with Gasteiger partial charge >= 0.3 is 0 Å². The summed E-state index contributed by atoms with van der Waals surface area (Å²) in [4.78, 5) is 4.30. The van der Waals surface area contributed by atoms with Crippen molar-refractivity contribution in [2.75, 3.05) is 38.8 Å². The zero-order valence-corrected chi connectivity index (χ0v) is 17.2. The fraction of sp³-hybridized carbons (Fsp3) is 0.588. The number of halogens is 1. The van der Waals surface area contributed by atoms with Crippen molar-refractivity contribution in [3.05, 3.63) is 29.8 Å². The van der Waals surface area contributed by atoms with E-state index in [1.807, 2.05) is 24.9 Å². The van der Waals surface area contributed by atoms with Crippen molar-refractivity contribution in [1.82, 2.24) is 10.6 Å². The summed E-state index contributed by atoms with van der Waals surface area (Å²) >= 11 is 1.90. The van der Waals surface area contributed by atoms with Crippen molar-refractivity contribution in [2.45, 2.75) is 25.2 Å². The smallest absolute Gasteiger partial charge is 0.190 e. The maximum atomic E-state index is 5.71. The molecular weight excluding hydrogens is 421 g/mol. The first-order chi connectivity index (χ1) is 10.8. The van der Waals surface area contributed by atoms with Crippen LogP contribution in [0.2, 0.25) is 0 Å². The molecule has 0 saturated carbocycles. The molecular formula is C17H28IN3OS. The normalized spacial score (nSPS) is 16.8. The van der Waals surface area contributed by atoms with E-state index in [-0.39, 0.29) is 24.0 Å². The number of fused-ring (bicyclic) bond motifs is 1. The van der Waals surface area contributed by atoms with Crippen LogP contribution in [-0.4, -0.2) is 44.7 Å². The van der Waals surface area contributed by atoms with Crippen LogP contribution in [0, 0.1) is 0 Å². The Bertz CT molecular complexity index is 485. The lowest BCUT2D eigenvalue weighted by Gasteiger charge is -2.26. The predicted octanol–water partition coefficient (Wildman–Crippen LogP) is 3.48. The van der Waals surface area contributed by atoms with Crippen LogP contribution in [0.15, 0.2) is 29.3 Å². The van der Waals surface area contributed by atoms with Crippen molar-refractivity contribution >= 4 is 41.7 Å². The molecule has 6 heteroatoms. The SMILES string of the molecule is CN=C(NCCCCSC)NCC1CCOc2ccccc21.I. The molecule has 0 aliphatic carbocycles. The van der Waals surface area contributed by atoms with E-state index in [2.05, 4.69) is 40.1 Å². The van der Waals surface area contributed by atoms with E-state index in [0.717, 1.165) is 37.8 Å². The van der Waals surface area contributed by atoms with Crippen molar-refractivity contribution in [1.29, 1.82) is 0 Å². The van der Waals surface area contributed by atoms with Crippen LogP contribution in [0.5, 0.6) is 5.75 Å². The fourth-order valence-corrected chi connectivity index (χ4v) is 3.14. The molecule has 1 aliphatic heterocycles. The maximum absolute atomic E-state index is 5.71. The van der Waals surface area contributed by atoms with E-state index in [9.17, 15) is 0 Å². The van der Waals surface area contributed by atoms with Crippen LogP contribution in [-0.2, 0) is 0 Å². The molecule has 0 spiro atoms. The molecule has 0 fully saturated rings. The Labute approximate surface area is 161 Å². The second kappa shape index (κ2) is 11.8. The summed E-state index contributed by atoms with van der Waals surface area (Å²) in [5.74, 6) is 3.64. The standard InChI is InChI=1S/C17H27N3OS.HI/c1-18-17(19-10-5-6-12-22-2)20-13-14-9-11-21-16-8-4-3-7-15(14)16;/h3-4,7-8,14H,5-6,9-13H2,1-2H3,(H2,18,19,20);1H. The van der Waals surface area contributed by atoms with E-state index in [0.29, 0.717) is 5.92 Å². The van der Waals surface area contributed by atoms with E-state index in [1.165, 1.54) is 24.2 Å². The van der Waals surface area contributed by atoms with Crippen molar-refractivity contribution in [3.8, 4) is 5.75 Å². The van der Waals surface area contributed by atoms with Gasteiger partial charge in [-0.3, -0.25) is 4.99 Å². The largest absolute Gasteiger partial charge is 0.493 e. The zero-order chi connectivity index (χ0) is 15.6. The number of rotatable bonds is 7. The Morgan fingerprint density at radius 1 is 1.30 bits per heavy atom. The summed E-state index contributed by atoms with van der Waals surface area (Å²) in [6.07, 6.45) is 5.63. The third-order valence-electron chi connectivity index (χ3n) is 3.89. The van der Waals surface area contributed by atoms with Gasteiger partial charge in [-0.25, -0.2) is 0 Å². The second-order valence-corrected chi connectivity index (χ2v) is 6.44. The molecule has 23 heavy (non-hydrogen) atoms. The van der Waals surface area contributed by atoms with Crippen molar-refractivity contribution < 1.29 is 4.74 Å². The summed E-state index contributed by atoms with van der Waals surface area (Å²) in [6, 6.07) is 8.34. The molecule has 1 unspecified atom stereocenters. The predicted molar refractivity (Wildman–Crippen MR) is 112 cm³/mol. The summed E-state index contributed by atoms with van der Waals surface area (Å²) in [6.45, 7) is 2.67. The van der Waals surface area contributed by atoms with Gasteiger partial charge in [0.25, 0.3) is 0 Å². The maximum Gasteiger partial charge on any atom is 0.190 e. The Morgan fingerprint density at radius 2 is 2.13 bits per heavy atom. The number of thioether (sulfide) groups is 1. The minimum atomic E-state index is 0. The topological polar surface area (TPSA) is 45.7 Å². The molecule has 130 valence electrons. The lowest BCUT2D eigenvalue weighted by Crippen LogP contribution is -2.40. The van der Waals surface area contributed by atoms with Crippen LogP contribution in [0.4, 0.5) is 0 Å². The molecule has 0 aromatic heterocycles.